The molecular formula is C19H22N2O4. The molecule has 2 rings (SSSR count). The summed E-state index contributed by atoms with van der Waals surface area (Å²) in [5, 5.41) is 0. The van der Waals surface area contributed by atoms with Crippen LogP contribution in [0.1, 0.15) is 27.0 Å². The molecule has 0 bridgehead atoms. The van der Waals surface area contributed by atoms with Crippen LogP contribution in [0.2, 0.25) is 0 Å². The third-order valence-electron chi connectivity index (χ3n) is 3.41. The SMILES string of the molecule is COCc1ccc(C(=O)NNC(=O)COc2cc(C)cc(C)c2)cc1. The molecule has 2 aromatic carbocycles. The summed E-state index contributed by atoms with van der Waals surface area (Å²) >= 11 is 0. The maximum atomic E-state index is 12.0. The van der Waals surface area contributed by atoms with Gasteiger partial charge in [-0.2, -0.15) is 0 Å². The fraction of sp³-hybridized carbons (Fsp3) is 0.263. The predicted octanol–water partition coefficient (Wildman–Crippen LogP) is 2.29. The molecule has 0 radical (unpaired) electrons. The summed E-state index contributed by atoms with van der Waals surface area (Å²) in [5.74, 6) is -0.222. The van der Waals surface area contributed by atoms with Crippen LogP contribution in [-0.2, 0) is 16.1 Å². The van der Waals surface area contributed by atoms with Gasteiger partial charge in [0.1, 0.15) is 5.75 Å². The van der Waals surface area contributed by atoms with Crippen molar-refractivity contribution in [3.63, 3.8) is 0 Å². The van der Waals surface area contributed by atoms with Gasteiger partial charge in [0.05, 0.1) is 6.61 Å². The van der Waals surface area contributed by atoms with Crippen molar-refractivity contribution in [2.45, 2.75) is 20.5 Å². The van der Waals surface area contributed by atoms with E-state index in [0.29, 0.717) is 17.9 Å². The lowest BCUT2D eigenvalue weighted by molar-refractivity contribution is -0.123. The standard InChI is InChI=1S/C19H22N2O4/c1-13-8-14(2)10-17(9-13)25-12-18(22)20-21-19(23)16-6-4-15(5-7-16)11-24-3/h4-10H,11-12H2,1-3H3,(H,20,22)(H,21,23). The lowest BCUT2D eigenvalue weighted by Gasteiger charge is -2.10. The summed E-state index contributed by atoms with van der Waals surface area (Å²) in [6.07, 6.45) is 0. The molecule has 0 heterocycles. The summed E-state index contributed by atoms with van der Waals surface area (Å²) in [5.41, 5.74) is 8.21. The number of benzene rings is 2. The lowest BCUT2D eigenvalue weighted by Crippen LogP contribution is -2.43. The molecule has 0 saturated carbocycles. The smallest absolute Gasteiger partial charge is 0.276 e. The second-order valence-corrected chi connectivity index (χ2v) is 5.74. The van der Waals surface area contributed by atoms with Crippen molar-refractivity contribution in [2.75, 3.05) is 13.7 Å². The lowest BCUT2D eigenvalue weighted by atomic mass is 10.1. The van der Waals surface area contributed by atoms with Gasteiger partial charge in [0.2, 0.25) is 0 Å². The Kier molecular flexibility index (Phi) is 6.54. The number of ether oxygens (including phenoxy) is 2. The Labute approximate surface area is 147 Å². The van der Waals surface area contributed by atoms with E-state index < -0.39 is 11.8 Å². The normalized spacial score (nSPS) is 10.2. The number of carbonyl (C=O) groups excluding carboxylic acids is 2. The molecule has 2 N–H and O–H groups in total. The van der Waals surface area contributed by atoms with Crippen LogP contribution in [-0.4, -0.2) is 25.5 Å². The highest BCUT2D eigenvalue weighted by Gasteiger charge is 2.08. The van der Waals surface area contributed by atoms with E-state index in [4.69, 9.17) is 9.47 Å². The number of aryl methyl sites for hydroxylation is 2. The Bertz CT molecular complexity index is 721. The molecule has 0 aliphatic heterocycles. The summed E-state index contributed by atoms with van der Waals surface area (Å²) < 4.78 is 10.4. The van der Waals surface area contributed by atoms with Gasteiger partial charge in [-0.3, -0.25) is 20.4 Å². The highest BCUT2D eigenvalue weighted by molar-refractivity contribution is 5.95. The van der Waals surface area contributed by atoms with Gasteiger partial charge in [-0.15, -0.1) is 0 Å². The number of hydrogen-bond acceptors (Lipinski definition) is 4. The Morgan fingerprint density at radius 3 is 2.20 bits per heavy atom. The molecule has 2 aromatic rings. The maximum absolute atomic E-state index is 12.0. The number of hydrogen-bond donors (Lipinski definition) is 2. The zero-order valence-electron chi connectivity index (χ0n) is 14.6. The van der Waals surface area contributed by atoms with Crippen molar-refractivity contribution < 1.29 is 19.1 Å². The first-order valence-electron chi connectivity index (χ1n) is 7.86. The molecule has 0 aliphatic rings. The van der Waals surface area contributed by atoms with Gasteiger partial charge < -0.3 is 9.47 Å². The molecule has 0 atom stereocenters. The van der Waals surface area contributed by atoms with Gasteiger partial charge in [-0.05, 0) is 54.8 Å². The topological polar surface area (TPSA) is 76.7 Å². The molecule has 0 aromatic heterocycles. The summed E-state index contributed by atoms with van der Waals surface area (Å²) in [7, 11) is 1.61. The van der Waals surface area contributed by atoms with Gasteiger partial charge in [-0.25, -0.2) is 0 Å². The Hall–Kier alpha value is -2.86. The number of nitrogens with one attached hydrogen (secondary N) is 2. The van der Waals surface area contributed by atoms with Crippen LogP contribution in [0.5, 0.6) is 5.75 Å². The monoisotopic (exact) mass is 342 g/mol. The minimum Gasteiger partial charge on any atom is -0.484 e. The maximum Gasteiger partial charge on any atom is 0.276 e. The fourth-order valence-corrected chi connectivity index (χ4v) is 2.32. The first kappa shape index (κ1) is 18.5. The molecule has 0 aliphatic carbocycles. The number of rotatable bonds is 6. The number of hydrazine groups is 1. The fourth-order valence-electron chi connectivity index (χ4n) is 2.32. The van der Waals surface area contributed by atoms with E-state index in [0.717, 1.165) is 16.7 Å². The molecule has 132 valence electrons. The van der Waals surface area contributed by atoms with Crippen molar-refractivity contribution >= 4 is 11.8 Å². The van der Waals surface area contributed by atoms with E-state index in [-0.39, 0.29) is 6.61 Å². The van der Waals surface area contributed by atoms with Crippen LogP contribution >= 0.6 is 0 Å². The molecule has 0 unspecified atom stereocenters. The van der Waals surface area contributed by atoms with E-state index >= 15 is 0 Å². The van der Waals surface area contributed by atoms with Gasteiger partial charge in [0.15, 0.2) is 6.61 Å². The van der Waals surface area contributed by atoms with E-state index in [1.54, 1.807) is 31.4 Å². The van der Waals surface area contributed by atoms with Crippen molar-refractivity contribution in [3.8, 4) is 5.75 Å². The Morgan fingerprint density at radius 1 is 0.960 bits per heavy atom. The van der Waals surface area contributed by atoms with E-state index in [1.165, 1.54) is 0 Å². The van der Waals surface area contributed by atoms with Crippen LogP contribution < -0.4 is 15.6 Å². The largest absolute Gasteiger partial charge is 0.484 e. The van der Waals surface area contributed by atoms with Crippen molar-refractivity contribution in [1.82, 2.24) is 10.9 Å². The second kappa shape index (κ2) is 8.84. The highest BCUT2D eigenvalue weighted by Crippen LogP contribution is 2.15. The van der Waals surface area contributed by atoms with Crippen LogP contribution in [0.3, 0.4) is 0 Å². The zero-order chi connectivity index (χ0) is 18.2. The molecule has 0 spiro atoms. The molecule has 2 amide bonds. The first-order chi connectivity index (χ1) is 12.0. The second-order valence-electron chi connectivity index (χ2n) is 5.74. The van der Waals surface area contributed by atoms with Crippen LogP contribution in [0.4, 0.5) is 0 Å². The summed E-state index contributed by atoms with van der Waals surface area (Å²) in [4.78, 5) is 23.8. The zero-order valence-corrected chi connectivity index (χ0v) is 14.6. The minimum atomic E-state index is -0.441. The minimum absolute atomic E-state index is 0.185. The predicted molar refractivity (Wildman–Crippen MR) is 94.2 cm³/mol. The first-order valence-corrected chi connectivity index (χ1v) is 7.86. The molecule has 25 heavy (non-hydrogen) atoms. The van der Waals surface area contributed by atoms with Crippen molar-refractivity contribution in [3.05, 3.63) is 64.7 Å². The number of carbonyl (C=O) groups is 2. The Morgan fingerprint density at radius 2 is 1.60 bits per heavy atom. The van der Waals surface area contributed by atoms with Gasteiger partial charge in [-0.1, -0.05) is 18.2 Å². The quantitative estimate of drug-likeness (QED) is 0.790. The molecule has 0 saturated heterocycles. The van der Waals surface area contributed by atoms with Crippen molar-refractivity contribution in [2.24, 2.45) is 0 Å². The summed E-state index contributed by atoms with van der Waals surface area (Å²) in [6, 6.07) is 12.6. The third kappa shape index (κ3) is 5.93. The van der Waals surface area contributed by atoms with Crippen LogP contribution in [0, 0.1) is 13.8 Å². The Balaban J connectivity index is 1.79. The number of amides is 2. The van der Waals surface area contributed by atoms with Gasteiger partial charge in [0.25, 0.3) is 11.8 Å². The van der Waals surface area contributed by atoms with Crippen molar-refractivity contribution in [1.29, 1.82) is 0 Å². The molecule has 6 heteroatoms. The molecular weight excluding hydrogens is 320 g/mol. The van der Waals surface area contributed by atoms with E-state index in [9.17, 15) is 9.59 Å². The summed E-state index contributed by atoms with van der Waals surface area (Å²) in [6.45, 7) is 4.21. The highest BCUT2D eigenvalue weighted by atomic mass is 16.5. The average molecular weight is 342 g/mol. The van der Waals surface area contributed by atoms with E-state index in [1.807, 2.05) is 32.0 Å². The van der Waals surface area contributed by atoms with Gasteiger partial charge in [0, 0.05) is 12.7 Å². The molecule has 0 fully saturated rings. The van der Waals surface area contributed by atoms with Crippen LogP contribution in [0.15, 0.2) is 42.5 Å². The van der Waals surface area contributed by atoms with E-state index in [2.05, 4.69) is 10.9 Å². The van der Waals surface area contributed by atoms with Gasteiger partial charge >= 0.3 is 0 Å². The average Bonchev–Trinajstić information content (AvgIpc) is 2.58. The number of methoxy groups -OCH3 is 1. The van der Waals surface area contributed by atoms with Crippen LogP contribution in [0.25, 0.3) is 0 Å². The third-order valence-corrected chi connectivity index (χ3v) is 3.41. The molecule has 6 nitrogen and oxygen atoms in total.